The van der Waals surface area contributed by atoms with Gasteiger partial charge in [-0.2, -0.15) is 0 Å². The Morgan fingerprint density at radius 3 is 1.48 bits per heavy atom. The number of methoxy groups -OCH3 is 1. The maximum atomic E-state index is 12.0. The fourth-order valence-corrected chi connectivity index (χ4v) is 12.1. The molecule has 31 heavy (non-hydrogen) atoms. The van der Waals surface area contributed by atoms with E-state index in [9.17, 15) is 9.59 Å². The molecule has 0 aromatic heterocycles. The predicted molar refractivity (Wildman–Crippen MR) is 121 cm³/mol. The maximum Gasteiger partial charge on any atom is -1.00 e. The Morgan fingerprint density at radius 1 is 0.774 bits per heavy atom. The van der Waals surface area contributed by atoms with Gasteiger partial charge in [-0.15, -0.1) is 0 Å². The molecule has 0 aliphatic heterocycles. The minimum atomic E-state index is -3.16. The molecule has 0 unspecified atom stereocenters. The van der Waals surface area contributed by atoms with E-state index in [4.69, 9.17) is 9.47 Å². The predicted octanol–water partition coefficient (Wildman–Crippen LogP) is -0.219. The first kappa shape index (κ1) is 24.6. The molecule has 0 aliphatic rings. The molecule has 0 bridgehead atoms. The van der Waals surface area contributed by atoms with Crippen molar-refractivity contribution >= 4 is 38.5 Å². The number of benzene rings is 3. The molecule has 0 heterocycles. The maximum absolute atomic E-state index is 12.0. The molecule has 0 radical (unpaired) electrons. The average molecular weight is 543 g/mol. The van der Waals surface area contributed by atoms with E-state index >= 15 is 0 Å². The van der Waals surface area contributed by atoms with E-state index in [0.29, 0.717) is 11.0 Å². The number of allylic oxidation sites excluding steroid dienone is 1. The molecule has 0 fully saturated rings. The van der Waals surface area contributed by atoms with Crippen LogP contribution in [0.15, 0.2) is 103 Å². The Labute approximate surface area is 196 Å². The third-order valence-electron chi connectivity index (χ3n) is 4.74. The second-order valence-corrected chi connectivity index (χ2v) is 14.0. The minimum absolute atomic E-state index is 0. The first-order valence-corrected chi connectivity index (χ1v) is 13.7. The molecule has 0 aliphatic carbocycles. The molecule has 3 rings (SSSR count). The Kier molecular flexibility index (Phi) is 9.29. The van der Waals surface area contributed by atoms with Crippen LogP contribution in [0.25, 0.3) is 0 Å². The van der Waals surface area contributed by atoms with Crippen LogP contribution < -0.4 is 30.0 Å². The molecule has 4 nitrogen and oxygen atoms in total. The summed E-state index contributed by atoms with van der Waals surface area (Å²) in [5.74, 6) is -0.694. The molecule has 160 valence electrons. The van der Waals surface area contributed by atoms with Gasteiger partial charge in [-0.3, -0.25) is 0 Å². The van der Waals surface area contributed by atoms with E-state index in [2.05, 4.69) is 36.4 Å². The first-order valence-electron chi connectivity index (χ1n) is 9.58. The third-order valence-corrected chi connectivity index (χ3v) is 13.8. The first-order chi connectivity index (χ1) is 14.6. The fourth-order valence-electron chi connectivity index (χ4n) is 3.48. The molecule has 3 aromatic carbocycles. The standard InChI is InChI=1S/C25H24AsO4.BrH/c1-20(27)30-24(18-25(28)29-2)19-26(21-12-6-3-7-13-21,22-14-8-4-9-15-22)23-16-10-5-11-17-23;/h3-18H,19H2,1-2H3;1H/q+1;/p-1/b24-18+;. The van der Waals surface area contributed by atoms with Crippen molar-refractivity contribution in [2.75, 3.05) is 7.11 Å². The topological polar surface area (TPSA) is 52.6 Å². The summed E-state index contributed by atoms with van der Waals surface area (Å²) in [7, 11) is 1.31. The molecule has 0 amide bonds. The number of carbonyl (C=O) groups excluding carboxylic acids is 2. The van der Waals surface area contributed by atoms with Gasteiger partial charge in [0.15, 0.2) is 0 Å². The van der Waals surface area contributed by atoms with Gasteiger partial charge >= 0.3 is 180 Å². The van der Waals surface area contributed by atoms with Crippen LogP contribution in [0.4, 0.5) is 0 Å². The molecule has 6 heteroatoms. The molecular formula is C25H24AsBrO4. The number of halogens is 1. The van der Waals surface area contributed by atoms with Crippen molar-refractivity contribution in [1.29, 1.82) is 0 Å². The van der Waals surface area contributed by atoms with Crippen LogP contribution in [-0.4, -0.2) is 32.6 Å². The summed E-state index contributed by atoms with van der Waals surface area (Å²) < 4.78 is 13.9. The zero-order valence-corrected chi connectivity index (χ0v) is 20.9. The third kappa shape index (κ3) is 5.96. The van der Waals surface area contributed by atoms with Crippen molar-refractivity contribution in [1.82, 2.24) is 0 Å². The number of esters is 2. The van der Waals surface area contributed by atoms with Gasteiger partial charge in [0.1, 0.15) is 0 Å². The van der Waals surface area contributed by atoms with Crippen molar-refractivity contribution < 1.29 is 36.0 Å². The van der Waals surface area contributed by atoms with E-state index in [1.807, 2.05) is 54.6 Å². The number of carbonyl (C=O) groups is 2. The van der Waals surface area contributed by atoms with E-state index in [1.165, 1.54) is 33.2 Å². The molecule has 0 saturated carbocycles. The van der Waals surface area contributed by atoms with Crippen molar-refractivity contribution in [2.45, 2.75) is 12.1 Å². The molecule has 3 aromatic rings. The van der Waals surface area contributed by atoms with Crippen molar-refractivity contribution in [2.24, 2.45) is 0 Å². The van der Waals surface area contributed by atoms with Gasteiger partial charge in [-0.25, -0.2) is 0 Å². The van der Waals surface area contributed by atoms with Gasteiger partial charge < -0.3 is 17.0 Å². The average Bonchev–Trinajstić information content (AvgIpc) is 2.78. The zero-order valence-electron chi connectivity index (χ0n) is 17.4. The number of hydrogen-bond donors (Lipinski definition) is 0. The second-order valence-electron chi connectivity index (χ2n) is 6.70. The Morgan fingerprint density at radius 2 is 1.16 bits per heavy atom. The number of ether oxygens (including phenoxy) is 2. The SMILES string of the molecule is COC(=O)/C=C(\C[As+](c1ccccc1)(c1ccccc1)c1ccccc1)OC(C)=O.[Br-]. The molecule has 0 N–H and O–H groups in total. The Bertz CT molecular complexity index is 924. The summed E-state index contributed by atoms with van der Waals surface area (Å²) in [6.45, 7) is 1.34. The van der Waals surface area contributed by atoms with Crippen LogP contribution in [-0.2, 0) is 19.1 Å². The van der Waals surface area contributed by atoms with Crippen LogP contribution in [0.3, 0.4) is 0 Å². The van der Waals surface area contributed by atoms with Gasteiger partial charge in [0.2, 0.25) is 0 Å². The molecule has 0 spiro atoms. The fraction of sp³-hybridized carbons (Fsp3) is 0.120. The van der Waals surface area contributed by atoms with Crippen LogP contribution in [0.2, 0.25) is 5.21 Å². The summed E-state index contributed by atoms with van der Waals surface area (Å²) in [6.07, 6.45) is 1.28. The van der Waals surface area contributed by atoms with Crippen molar-refractivity contribution in [3.05, 3.63) is 103 Å². The quantitative estimate of drug-likeness (QED) is 0.179. The van der Waals surface area contributed by atoms with Crippen LogP contribution in [0.1, 0.15) is 6.92 Å². The van der Waals surface area contributed by atoms with Gasteiger partial charge in [0.25, 0.3) is 0 Å². The van der Waals surface area contributed by atoms with Crippen molar-refractivity contribution in [3.8, 4) is 0 Å². The summed E-state index contributed by atoms with van der Waals surface area (Å²) in [6, 6.07) is 30.8. The summed E-state index contributed by atoms with van der Waals surface area (Å²) >= 11 is -3.16. The van der Waals surface area contributed by atoms with E-state index in [1.54, 1.807) is 0 Å². The Balaban J connectivity index is 0.00000341. The second kappa shape index (κ2) is 11.7. The summed E-state index contributed by atoms with van der Waals surface area (Å²) in [4.78, 5) is 23.9. The van der Waals surface area contributed by atoms with E-state index in [-0.39, 0.29) is 17.0 Å². The largest absolute Gasteiger partial charge is 1.00 e. The van der Waals surface area contributed by atoms with Gasteiger partial charge in [0.05, 0.1) is 0 Å². The van der Waals surface area contributed by atoms with E-state index in [0.717, 1.165) is 0 Å². The van der Waals surface area contributed by atoms with Gasteiger partial charge in [-0.1, -0.05) is 0 Å². The smallest absolute Gasteiger partial charge is 1.00 e. The molecular weight excluding hydrogens is 519 g/mol. The van der Waals surface area contributed by atoms with Gasteiger partial charge in [0, 0.05) is 0 Å². The van der Waals surface area contributed by atoms with Crippen LogP contribution in [0.5, 0.6) is 0 Å². The Hall–Kier alpha value is -2.62. The van der Waals surface area contributed by atoms with Crippen LogP contribution in [0, 0.1) is 0 Å². The van der Waals surface area contributed by atoms with E-state index < -0.39 is 25.5 Å². The normalized spacial score (nSPS) is 11.2. The molecule has 0 saturated heterocycles. The van der Waals surface area contributed by atoms with Gasteiger partial charge in [-0.05, 0) is 0 Å². The van der Waals surface area contributed by atoms with Crippen molar-refractivity contribution in [3.63, 3.8) is 0 Å². The monoisotopic (exact) mass is 542 g/mol. The zero-order chi connectivity index (χ0) is 21.4. The summed E-state index contributed by atoms with van der Waals surface area (Å²) in [5, 5.41) is 0.435. The minimum Gasteiger partial charge on any atom is -1.00 e. The van der Waals surface area contributed by atoms with Crippen LogP contribution >= 0.6 is 0 Å². The number of hydrogen-bond acceptors (Lipinski definition) is 4. The number of rotatable bonds is 7. The summed E-state index contributed by atoms with van der Waals surface area (Å²) in [5.41, 5.74) is 0. The molecule has 0 atom stereocenters.